The lowest BCUT2D eigenvalue weighted by Gasteiger charge is -2.44. The predicted molar refractivity (Wildman–Crippen MR) is 83.7 cm³/mol. The maximum absolute atomic E-state index is 12.9. The summed E-state index contributed by atoms with van der Waals surface area (Å²) < 4.78 is 5.08. The molecular weight excluding hydrogens is 332 g/mol. The fourth-order valence-electron chi connectivity index (χ4n) is 3.48. The summed E-state index contributed by atoms with van der Waals surface area (Å²) in [7, 11) is 1.33. The van der Waals surface area contributed by atoms with Crippen LogP contribution in [-0.2, 0) is 0 Å². The molecule has 0 fully saturated rings. The van der Waals surface area contributed by atoms with Gasteiger partial charge in [-0.3, -0.25) is 9.59 Å². The molecule has 0 saturated heterocycles. The van der Waals surface area contributed by atoms with Gasteiger partial charge in [-0.2, -0.15) is 0 Å². The number of rotatable bonds is 1. The van der Waals surface area contributed by atoms with Gasteiger partial charge in [0.05, 0.1) is 12.7 Å². The van der Waals surface area contributed by atoms with Crippen LogP contribution in [0.3, 0.4) is 0 Å². The van der Waals surface area contributed by atoms with Gasteiger partial charge in [-0.1, -0.05) is 0 Å². The molecule has 0 heterocycles. The summed E-state index contributed by atoms with van der Waals surface area (Å²) in [5.74, 6) is -2.07. The van der Waals surface area contributed by atoms with E-state index in [9.17, 15) is 35.1 Å². The minimum Gasteiger partial charge on any atom is -0.507 e. The number of carbonyl (C=O) groups excluding carboxylic acids is 2. The van der Waals surface area contributed by atoms with Crippen LogP contribution in [0.2, 0.25) is 0 Å². The van der Waals surface area contributed by atoms with Crippen LogP contribution in [0, 0.1) is 6.92 Å². The number of benzene rings is 1. The minimum atomic E-state index is -2.24. The van der Waals surface area contributed by atoms with Crippen LogP contribution in [0.5, 0.6) is 11.5 Å². The second-order valence-corrected chi connectivity index (χ2v) is 6.48. The highest BCUT2D eigenvalue weighted by Gasteiger charge is 2.55. The van der Waals surface area contributed by atoms with Gasteiger partial charge in [0, 0.05) is 28.3 Å². The second-order valence-electron chi connectivity index (χ2n) is 6.48. The molecule has 1 aromatic carbocycles. The molecule has 0 aromatic heterocycles. The van der Waals surface area contributed by atoms with Crippen molar-refractivity contribution in [2.45, 2.75) is 37.8 Å². The van der Waals surface area contributed by atoms with E-state index < -0.39 is 52.4 Å². The first kappa shape index (κ1) is 17.6. The Hall–Kier alpha value is -2.26. The van der Waals surface area contributed by atoms with Crippen LogP contribution in [0.4, 0.5) is 0 Å². The number of hydrogen-bond donors (Lipinski definition) is 5. The summed E-state index contributed by atoms with van der Waals surface area (Å²) in [5, 5.41) is 51.1. The zero-order valence-corrected chi connectivity index (χ0v) is 13.8. The van der Waals surface area contributed by atoms with Crippen molar-refractivity contribution in [2.24, 2.45) is 0 Å². The molecule has 134 valence electrons. The third-order valence-corrected chi connectivity index (χ3v) is 4.99. The summed E-state index contributed by atoms with van der Waals surface area (Å²) in [6.45, 7) is 2.56. The fourth-order valence-corrected chi connectivity index (χ4v) is 3.48. The molecular formula is C17H18O8. The highest BCUT2D eigenvalue weighted by Crippen LogP contribution is 2.44. The molecule has 4 unspecified atom stereocenters. The summed E-state index contributed by atoms with van der Waals surface area (Å²) in [5.41, 5.74) is -3.48. The lowest BCUT2D eigenvalue weighted by atomic mass is 9.67. The molecule has 1 aromatic rings. The van der Waals surface area contributed by atoms with Gasteiger partial charge in [0.2, 0.25) is 0 Å². The molecule has 8 nitrogen and oxygen atoms in total. The number of fused-ring (bicyclic) bond motifs is 1. The predicted octanol–water partition coefficient (Wildman–Crippen LogP) is -0.768. The lowest BCUT2D eigenvalue weighted by Crippen LogP contribution is -2.61. The number of hydrogen-bond acceptors (Lipinski definition) is 8. The molecule has 0 spiro atoms. The zero-order chi connectivity index (χ0) is 18.8. The van der Waals surface area contributed by atoms with Gasteiger partial charge in [0.15, 0.2) is 11.6 Å². The van der Waals surface area contributed by atoms with Crippen molar-refractivity contribution >= 4 is 11.6 Å². The van der Waals surface area contributed by atoms with Gasteiger partial charge < -0.3 is 30.3 Å². The number of Topliss-reactive ketones (excluding diaryl/α,β-unsaturated/α-hetero) is 2. The summed E-state index contributed by atoms with van der Waals surface area (Å²) in [6, 6.07) is 1.17. The number of phenolic OH excluding ortho intramolecular Hbond substituents is 1. The average molecular weight is 350 g/mol. The largest absolute Gasteiger partial charge is 0.507 e. The first-order valence-corrected chi connectivity index (χ1v) is 7.56. The van der Waals surface area contributed by atoms with Gasteiger partial charge in [-0.05, 0) is 13.8 Å². The SMILES string of the molecule is COc1cc(O)c2c(c1C)C(=O)C1=C(C2=O)C(O)C(O)C(C)(O)C1O. The van der Waals surface area contributed by atoms with E-state index in [-0.39, 0.29) is 22.4 Å². The van der Waals surface area contributed by atoms with E-state index >= 15 is 0 Å². The molecule has 8 heteroatoms. The lowest BCUT2D eigenvalue weighted by molar-refractivity contribution is -0.158. The smallest absolute Gasteiger partial charge is 0.196 e. The number of aliphatic hydroxyl groups excluding tert-OH is 3. The highest BCUT2D eigenvalue weighted by atomic mass is 16.5. The van der Waals surface area contributed by atoms with Gasteiger partial charge in [0.25, 0.3) is 0 Å². The van der Waals surface area contributed by atoms with Gasteiger partial charge in [-0.25, -0.2) is 0 Å². The molecule has 2 aliphatic rings. The Bertz CT molecular complexity index is 836. The second kappa shape index (κ2) is 5.37. The maximum atomic E-state index is 12.9. The van der Waals surface area contributed by atoms with Crippen LogP contribution < -0.4 is 4.74 Å². The van der Waals surface area contributed by atoms with E-state index in [1.165, 1.54) is 20.1 Å². The van der Waals surface area contributed by atoms with E-state index in [0.717, 1.165) is 6.92 Å². The summed E-state index contributed by atoms with van der Waals surface area (Å²) >= 11 is 0. The summed E-state index contributed by atoms with van der Waals surface area (Å²) in [6.07, 6.45) is -5.67. The number of ether oxygens (including phenoxy) is 1. The molecule has 4 atom stereocenters. The number of ketones is 2. The molecule has 0 radical (unpaired) electrons. The van der Waals surface area contributed by atoms with Crippen LogP contribution >= 0.6 is 0 Å². The quantitative estimate of drug-likeness (QED) is 0.444. The Labute approximate surface area is 142 Å². The average Bonchev–Trinajstić information content (AvgIpc) is 2.56. The molecule has 0 amide bonds. The first-order valence-electron chi connectivity index (χ1n) is 7.56. The highest BCUT2D eigenvalue weighted by molar-refractivity contribution is 6.29. The van der Waals surface area contributed by atoms with E-state index in [4.69, 9.17) is 4.74 Å². The monoisotopic (exact) mass is 350 g/mol. The van der Waals surface area contributed by atoms with Gasteiger partial charge in [-0.15, -0.1) is 0 Å². The van der Waals surface area contributed by atoms with Crippen LogP contribution in [0.15, 0.2) is 17.2 Å². The van der Waals surface area contributed by atoms with E-state index in [0.29, 0.717) is 0 Å². The Morgan fingerprint density at radius 1 is 1.08 bits per heavy atom. The Morgan fingerprint density at radius 3 is 2.20 bits per heavy atom. The van der Waals surface area contributed by atoms with Gasteiger partial charge in [0.1, 0.15) is 35.4 Å². The molecule has 3 rings (SSSR count). The van der Waals surface area contributed by atoms with E-state index in [1.54, 1.807) is 0 Å². The van der Waals surface area contributed by atoms with Crippen molar-refractivity contribution in [1.82, 2.24) is 0 Å². The normalized spacial score (nSPS) is 31.7. The van der Waals surface area contributed by atoms with Crippen molar-refractivity contribution in [1.29, 1.82) is 0 Å². The third-order valence-electron chi connectivity index (χ3n) is 4.99. The van der Waals surface area contributed by atoms with Gasteiger partial charge >= 0.3 is 0 Å². The van der Waals surface area contributed by atoms with Crippen LogP contribution in [0.25, 0.3) is 0 Å². The number of aromatic hydroxyl groups is 1. The molecule has 2 aliphatic carbocycles. The van der Waals surface area contributed by atoms with E-state index in [1.807, 2.05) is 0 Å². The Morgan fingerprint density at radius 2 is 1.64 bits per heavy atom. The first-order chi connectivity index (χ1) is 11.6. The molecule has 5 N–H and O–H groups in total. The maximum Gasteiger partial charge on any atom is 0.196 e. The fraction of sp³-hybridized carbons (Fsp3) is 0.412. The number of aliphatic hydroxyl groups is 4. The number of phenols is 1. The Kier molecular flexibility index (Phi) is 3.77. The standard InChI is InChI=1S/C17H18O8/c1-5-7(25-3)4-6(18)9-8(5)12(19)11-10(13(9)20)14(21)16(23)17(2,24)15(11)22/h4,14-16,18,21-24H,1-3H3. The van der Waals surface area contributed by atoms with Crippen LogP contribution in [0.1, 0.15) is 33.2 Å². The zero-order valence-electron chi connectivity index (χ0n) is 13.8. The summed E-state index contributed by atoms with van der Waals surface area (Å²) in [4.78, 5) is 25.8. The van der Waals surface area contributed by atoms with Crippen molar-refractivity contribution in [3.8, 4) is 11.5 Å². The topological polar surface area (TPSA) is 145 Å². The van der Waals surface area contributed by atoms with Crippen molar-refractivity contribution in [2.75, 3.05) is 7.11 Å². The molecule has 0 bridgehead atoms. The third kappa shape index (κ3) is 2.09. The number of carbonyl (C=O) groups is 2. The molecule has 25 heavy (non-hydrogen) atoms. The molecule has 0 saturated carbocycles. The van der Waals surface area contributed by atoms with Crippen molar-refractivity contribution in [3.05, 3.63) is 33.9 Å². The minimum absolute atomic E-state index is 0.166. The molecule has 0 aliphatic heterocycles. The Balaban J connectivity index is 2.35. The number of methoxy groups -OCH3 is 1. The van der Waals surface area contributed by atoms with Crippen molar-refractivity contribution < 1.29 is 39.9 Å². The van der Waals surface area contributed by atoms with Crippen LogP contribution in [-0.4, -0.2) is 68.1 Å². The van der Waals surface area contributed by atoms with Crippen molar-refractivity contribution in [3.63, 3.8) is 0 Å². The van der Waals surface area contributed by atoms with E-state index in [2.05, 4.69) is 0 Å².